The van der Waals surface area contributed by atoms with Crippen LogP contribution >= 0.6 is 11.3 Å². The van der Waals surface area contributed by atoms with Crippen molar-refractivity contribution in [1.82, 2.24) is 5.32 Å². The molecule has 0 aliphatic rings. The topological polar surface area (TPSA) is 32.3 Å². The van der Waals surface area contributed by atoms with Gasteiger partial charge in [-0.2, -0.15) is 0 Å². The fraction of sp³-hybridized carbons (Fsp3) is 0.467. The number of thiophene rings is 1. The molecule has 1 aromatic carbocycles. The van der Waals surface area contributed by atoms with E-state index in [-0.39, 0.29) is 6.10 Å². The summed E-state index contributed by atoms with van der Waals surface area (Å²) < 4.78 is 1.36. The van der Waals surface area contributed by atoms with Gasteiger partial charge in [0.2, 0.25) is 0 Å². The van der Waals surface area contributed by atoms with E-state index in [1.54, 1.807) is 0 Å². The third kappa shape index (κ3) is 2.91. The monoisotopic (exact) mass is 263 g/mol. The molecule has 2 aromatic rings. The molecule has 0 spiro atoms. The zero-order chi connectivity index (χ0) is 13.1. The lowest BCUT2D eigenvalue weighted by atomic mass is 10.1. The van der Waals surface area contributed by atoms with Gasteiger partial charge in [0.1, 0.15) is 0 Å². The highest BCUT2D eigenvalue weighted by molar-refractivity contribution is 7.19. The SMILES string of the molecule is Cc1c(C(C)NCCC(C)O)sc2ccccc12. The number of aliphatic hydroxyl groups is 1. The standard InChI is InChI=1S/C15H21NOS/c1-10(17)8-9-16-12(3)15-11(2)13-6-4-5-7-14(13)18-15/h4-7,10,12,16-17H,8-9H2,1-3H3. The third-order valence-electron chi connectivity index (χ3n) is 3.29. The summed E-state index contributed by atoms with van der Waals surface area (Å²) in [7, 11) is 0. The Morgan fingerprint density at radius 3 is 2.67 bits per heavy atom. The van der Waals surface area contributed by atoms with Crippen LogP contribution in [0, 0.1) is 6.92 Å². The van der Waals surface area contributed by atoms with Gasteiger partial charge in [-0.25, -0.2) is 0 Å². The van der Waals surface area contributed by atoms with Gasteiger partial charge in [-0.3, -0.25) is 0 Å². The van der Waals surface area contributed by atoms with Gasteiger partial charge in [-0.05, 0) is 50.8 Å². The minimum atomic E-state index is -0.229. The normalized spacial score (nSPS) is 14.9. The lowest BCUT2D eigenvalue weighted by molar-refractivity contribution is 0.182. The predicted octanol–water partition coefficient (Wildman–Crippen LogP) is 3.63. The van der Waals surface area contributed by atoms with Gasteiger partial charge in [0.05, 0.1) is 6.10 Å². The van der Waals surface area contributed by atoms with Crippen LogP contribution < -0.4 is 5.32 Å². The highest BCUT2D eigenvalue weighted by atomic mass is 32.1. The predicted molar refractivity (Wildman–Crippen MR) is 79.3 cm³/mol. The Morgan fingerprint density at radius 1 is 1.28 bits per heavy atom. The van der Waals surface area contributed by atoms with Crippen molar-refractivity contribution in [3.63, 3.8) is 0 Å². The van der Waals surface area contributed by atoms with Crippen molar-refractivity contribution in [2.24, 2.45) is 0 Å². The summed E-state index contributed by atoms with van der Waals surface area (Å²) in [5.41, 5.74) is 1.38. The highest BCUT2D eigenvalue weighted by Gasteiger charge is 2.13. The lowest BCUT2D eigenvalue weighted by Crippen LogP contribution is -2.22. The van der Waals surface area contributed by atoms with Gasteiger partial charge in [0.15, 0.2) is 0 Å². The summed E-state index contributed by atoms with van der Waals surface area (Å²) in [6.07, 6.45) is 0.571. The zero-order valence-corrected chi connectivity index (χ0v) is 12.1. The summed E-state index contributed by atoms with van der Waals surface area (Å²) in [5.74, 6) is 0. The fourth-order valence-corrected chi connectivity index (χ4v) is 3.45. The molecular formula is C15H21NOS. The van der Waals surface area contributed by atoms with Gasteiger partial charge in [0, 0.05) is 15.6 Å². The first-order valence-electron chi connectivity index (χ1n) is 6.49. The molecule has 2 rings (SSSR count). The van der Waals surface area contributed by atoms with E-state index in [9.17, 15) is 5.11 Å². The number of aryl methyl sites for hydroxylation is 1. The van der Waals surface area contributed by atoms with Gasteiger partial charge >= 0.3 is 0 Å². The molecular weight excluding hydrogens is 242 g/mol. The molecule has 0 aliphatic heterocycles. The molecule has 0 bridgehead atoms. The van der Waals surface area contributed by atoms with Gasteiger partial charge in [-0.15, -0.1) is 11.3 Å². The summed E-state index contributed by atoms with van der Waals surface area (Å²) >= 11 is 1.87. The molecule has 3 heteroatoms. The van der Waals surface area contributed by atoms with Crippen molar-refractivity contribution in [3.8, 4) is 0 Å². The molecule has 0 amide bonds. The molecule has 0 aliphatic carbocycles. The van der Waals surface area contributed by atoms with E-state index in [0.717, 1.165) is 13.0 Å². The minimum absolute atomic E-state index is 0.229. The number of nitrogens with one attached hydrogen (secondary N) is 1. The second kappa shape index (κ2) is 5.83. The molecule has 98 valence electrons. The minimum Gasteiger partial charge on any atom is -0.393 e. The van der Waals surface area contributed by atoms with Crippen molar-refractivity contribution in [2.75, 3.05) is 6.54 Å². The Balaban J connectivity index is 2.12. The van der Waals surface area contributed by atoms with Crippen molar-refractivity contribution < 1.29 is 5.11 Å². The molecule has 2 unspecified atom stereocenters. The van der Waals surface area contributed by atoms with Crippen molar-refractivity contribution in [3.05, 3.63) is 34.7 Å². The van der Waals surface area contributed by atoms with E-state index in [4.69, 9.17) is 0 Å². The molecule has 18 heavy (non-hydrogen) atoms. The summed E-state index contributed by atoms with van der Waals surface area (Å²) in [4.78, 5) is 1.40. The van der Waals surface area contributed by atoms with Crippen LogP contribution in [0.5, 0.6) is 0 Å². The van der Waals surface area contributed by atoms with Crippen LogP contribution in [0.1, 0.15) is 36.8 Å². The molecule has 0 radical (unpaired) electrons. The van der Waals surface area contributed by atoms with Gasteiger partial charge in [0.25, 0.3) is 0 Å². The maximum absolute atomic E-state index is 9.27. The van der Waals surface area contributed by atoms with Crippen LogP contribution in [0.15, 0.2) is 24.3 Å². The number of hydrogen-bond acceptors (Lipinski definition) is 3. The third-order valence-corrected chi connectivity index (χ3v) is 4.74. The largest absolute Gasteiger partial charge is 0.393 e. The van der Waals surface area contributed by atoms with E-state index < -0.39 is 0 Å². The van der Waals surface area contributed by atoms with Crippen molar-refractivity contribution in [2.45, 2.75) is 39.3 Å². The molecule has 2 atom stereocenters. The molecule has 0 fully saturated rings. The van der Waals surface area contributed by atoms with E-state index in [0.29, 0.717) is 6.04 Å². The van der Waals surface area contributed by atoms with Crippen molar-refractivity contribution in [1.29, 1.82) is 0 Å². The van der Waals surface area contributed by atoms with Crippen molar-refractivity contribution >= 4 is 21.4 Å². The van der Waals surface area contributed by atoms with Crippen LogP contribution in [-0.2, 0) is 0 Å². The fourth-order valence-electron chi connectivity index (χ4n) is 2.21. The van der Waals surface area contributed by atoms with Crippen LogP contribution in [0.3, 0.4) is 0 Å². The average Bonchev–Trinajstić information content (AvgIpc) is 2.67. The first-order valence-corrected chi connectivity index (χ1v) is 7.30. The second-order valence-corrected chi connectivity index (χ2v) is 5.98. The molecule has 1 aromatic heterocycles. The van der Waals surface area contributed by atoms with E-state index in [2.05, 4.69) is 43.4 Å². The Morgan fingerprint density at radius 2 is 2.00 bits per heavy atom. The Labute approximate surface area is 113 Å². The van der Waals surface area contributed by atoms with Gasteiger partial charge < -0.3 is 10.4 Å². The first kappa shape index (κ1) is 13.5. The number of fused-ring (bicyclic) bond motifs is 1. The van der Waals surface area contributed by atoms with Crippen LogP contribution in [0.2, 0.25) is 0 Å². The molecule has 0 saturated carbocycles. The lowest BCUT2D eigenvalue weighted by Gasteiger charge is -2.14. The Bertz CT molecular complexity index is 518. The number of benzene rings is 1. The highest BCUT2D eigenvalue weighted by Crippen LogP contribution is 2.34. The summed E-state index contributed by atoms with van der Waals surface area (Å²) in [6.45, 7) is 7.07. The smallest absolute Gasteiger partial charge is 0.0524 e. The molecule has 1 heterocycles. The summed E-state index contributed by atoms with van der Waals surface area (Å²) in [5, 5.41) is 14.1. The first-order chi connectivity index (χ1) is 8.59. The molecule has 0 saturated heterocycles. The van der Waals surface area contributed by atoms with Crippen LogP contribution in [0.25, 0.3) is 10.1 Å². The van der Waals surface area contributed by atoms with Crippen LogP contribution in [-0.4, -0.2) is 17.8 Å². The zero-order valence-electron chi connectivity index (χ0n) is 11.2. The molecule has 2 N–H and O–H groups in total. The number of rotatable bonds is 5. The summed E-state index contributed by atoms with van der Waals surface area (Å²) in [6, 6.07) is 8.90. The van der Waals surface area contributed by atoms with E-state index in [1.807, 2.05) is 18.3 Å². The number of aliphatic hydroxyl groups excluding tert-OH is 1. The maximum atomic E-state index is 9.27. The Kier molecular flexibility index (Phi) is 4.38. The second-order valence-electron chi connectivity index (χ2n) is 4.90. The Hall–Kier alpha value is -0.900. The average molecular weight is 263 g/mol. The maximum Gasteiger partial charge on any atom is 0.0524 e. The molecule has 2 nitrogen and oxygen atoms in total. The van der Waals surface area contributed by atoms with Crippen LogP contribution in [0.4, 0.5) is 0 Å². The van der Waals surface area contributed by atoms with E-state index >= 15 is 0 Å². The van der Waals surface area contributed by atoms with Gasteiger partial charge in [-0.1, -0.05) is 18.2 Å². The van der Waals surface area contributed by atoms with E-state index in [1.165, 1.54) is 20.5 Å². The quantitative estimate of drug-likeness (QED) is 0.863. The number of hydrogen-bond donors (Lipinski definition) is 2.